The maximum Gasteiger partial charge on any atom is 0.271 e. The summed E-state index contributed by atoms with van der Waals surface area (Å²) in [6, 6.07) is 14.4. The molecule has 0 bridgehead atoms. The molecule has 120 valence electrons. The van der Waals surface area contributed by atoms with Crippen molar-refractivity contribution in [1.29, 1.82) is 0 Å². The fourth-order valence-electron chi connectivity index (χ4n) is 1.95. The Balaban J connectivity index is 1.72. The molecule has 0 unspecified atom stereocenters. The number of amides is 1. The topological polar surface area (TPSA) is 74.8 Å². The van der Waals surface area contributed by atoms with Gasteiger partial charge in [0.1, 0.15) is 10.7 Å². The van der Waals surface area contributed by atoms with Crippen LogP contribution in [0.1, 0.15) is 10.4 Å². The summed E-state index contributed by atoms with van der Waals surface area (Å²) in [7, 11) is 0. The molecule has 0 radical (unpaired) electrons. The molecule has 0 saturated carbocycles. The third-order valence-corrected chi connectivity index (χ3v) is 4.51. The molecular formula is C17H12BrN3O2S. The van der Waals surface area contributed by atoms with Crippen molar-refractivity contribution in [2.75, 3.05) is 5.32 Å². The van der Waals surface area contributed by atoms with Gasteiger partial charge in [-0.3, -0.25) is 9.59 Å². The minimum Gasteiger partial charge on any atom is -0.326 e. The predicted octanol–water partition coefficient (Wildman–Crippen LogP) is 3.94. The number of halogens is 1. The van der Waals surface area contributed by atoms with Crippen LogP contribution in [-0.4, -0.2) is 15.9 Å². The minimum atomic E-state index is -0.353. The second kappa shape index (κ2) is 7.46. The molecule has 0 saturated heterocycles. The summed E-state index contributed by atoms with van der Waals surface area (Å²) in [4.78, 5) is 31.7. The third-order valence-electron chi connectivity index (χ3n) is 3.09. The van der Waals surface area contributed by atoms with E-state index >= 15 is 0 Å². The molecule has 0 atom stereocenters. The van der Waals surface area contributed by atoms with Crippen LogP contribution < -0.4 is 10.9 Å². The Morgan fingerprint density at radius 2 is 1.96 bits per heavy atom. The lowest BCUT2D eigenvalue weighted by atomic mass is 10.2. The molecule has 2 heterocycles. The van der Waals surface area contributed by atoms with E-state index in [1.807, 2.05) is 30.3 Å². The van der Waals surface area contributed by atoms with E-state index in [4.69, 9.17) is 0 Å². The Hall–Kier alpha value is -2.38. The number of hydrogen-bond donors (Lipinski definition) is 2. The van der Waals surface area contributed by atoms with Crippen LogP contribution in [0.4, 0.5) is 5.69 Å². The number of H-pyrrole nitrogens is 1. The SMILES string of the molecule is O=C(Nc1cc(Br)c[nH]c1=O)c1ccc(Sc2ccccn2)cc1. The fourth-order valence-corrected chi connectivity index (χ4v) is 3.06. The van der Waals surface area contributed by atoms with Crippen LogP contribution in [0.3, 0.4) is 0 Å². The molecule has 24 heavy (non-hydrogen) atoms. The van der Waals surface area contributed by atoms with Gasteiger partial charge in [0.05, 0.1) is 0 Å². The van der Waals surface area contributed by atoms with Crippen LogP contribution in [0.15, 0.2) is 80.1 Å². The van der Waals surface area contributed by atoms with E-state index in [1.54, 1.807) is 24.4 Å². The number of benzene rings is 1. The first kappa shape index (κ1) is 16.5. The number of hydrogen-bond acceptors (Lipinski definition) is 4. The number of aromatic nitrogens is 2. The zero-order chi connectivity index (χ0) is 16.9. The Morgan fingerprint density at radius 3 is 2.67 bits per heavy atom. The molecule has 0 spiro atoms. The van der Waals surface area contributed by atoms with Crippen LogP contribution in [0.25, 0.3) is 0 Å². The van der Waals surface area contributed by atoms with Gasteiger partial charge >= 0.3 is 0 Å². The van der Waals surface area contributed by atoms with E-state index in [0.29, 0.717) is 10.0 Å². The molecular weight excluding hydrogens is 390 g/mol. The lowest BCUT2D eigenvalue weighted by Gasteiger charge is -2.06. The third kappa shape index (κ3) is 4.12. The number of nitrogens with zero attached hydrogens (tertiary/aromatic N) is 1. The van der Waals surface area contributed by atoms with Crippen molar-refractivity contribution in [2.24, 2.45) is 0 Å². The second-order valence-corrected chi connectivity index (χ2v) is 6.82. The quantitative estimate of drug-likeness (QED) is 0.694. The van der Waals surface area contributed by atoms with Gasteiger partial charge in [0.25, 0.3) is 11.5 Å². The fraction of sp³-hybridized carbons (Fsp3) is 0. The summed E-state index contributed by atoms with van der Waals surface area (Å²) >= 11 is 4.77. The highest BCUT2D eigenvalue weighted by Gasteiger charge is 2.09. The van der Waals surface area contributed by atoms with Crippen LogP contribution in [0, 0.1) is 0 Å². The molecule has 3 rings (SSSR count). The van der Waals surface area contributed by atoms with Gasteiger partial charge in [-0.1, -0.05) is 17.8 Å². The molecule has 1 aromatic carbocycles. The van der Waals surface area contributed by atoms with E-state index in [-0.39, 0.29) is 17.2 Å². The average molecular weight is 402 g/mol. The second-order valence-electron chi connectivity index (χ2n) is 4.81. The largest absolute Gasteiger partial charge is 0.326 e. The van der Waals surface area contributed by atoms with E-state index in [1.165, 1.54) is 18.0 Å². The van der Waals surface area contributed by atoms with Gasteiger partial charge in [0.15, 0.2) is 0 Å². The summed E-state index contributed by atoms with van der Waals surface area (Å²) in [6.45, 7) is 0. The Labute approximate surface area is 150 Å². The van der Waals surface area contributed by atoms with Gasteiger partial charge in [-0.05, 0) is 58.4 Å². The highest BCUT2D eigenvalue weighted by atomic mass is 79.9. The van der Waals surface area contributed by atoms with Crippen molar-refractivity contribution >= 4 is 39.3 Å². The van der Waals surface area contributed by atoms with E-state index in [9.17, 15) is 9.59 Å². The first-order valence-corrected chi connectivity index (χ1v) is 8.61. The van der Waals surface area contributed by atoms with Gasteiger partial charge in [-0.2, -0.15) is 0 Å². The maximum atomic E-state index is 12.2. The smallest absolute Gasteiger partial charge is 0.271 e. The molecule has 5 nitrogen and oxygen atoms in total. The van der Waals surface area contributed by atoms with Gasteiger partial charge in [0, 0.05) is 27.3 Å². The summed E-state index contributed by atoms with van der Waals surface area (Å²) in [5.41, 5.74) is 0.315. The van der Waals surface area contributed by atoms with Crippen molar-refractivity contribution in [3.05, 3.63) is 81.3 Å². The Bertz CT molecular complexity index is 911. The van der Waals surface area contributed by atoms with Crippen molar-refractivity contribution in [3.63, 3.8) is 0 Å². The van der Waals surface area contributed by atoms with Crippen molar-refractivity contribution in [2.45, 2.75) is 9.92 Å². The Kier molecular flexibility index (Phi) is 5.12. The number of aromatic amines is 1. The number of pyridine rings is 2. The molecule has 0 fully saturated rings. The monoisotopic (exact) mass is 401 g/mol. The maximum absolute atomic E-state index is 12.2. The van der Waals surface area contributed by atoms with Crippen LogP contribution in [0.2, 0.25) is 0 Å². The van der Waals surface area contributed by atoms with Gasteiger partial charge < -0.3 is 10.3 Å². The van der Waals surface area contributed by atoms with Gasteiger partial charge in [-0.25, -0.2) is 4.98 Å². The number of rotatable bonds is 4. The molecule has 2 aromatic heterocycles. The normalized spacial score (nSPS) is 10.4. The lowest BCUT2D eigenvalue weighted by molar-refractivity contribution is 0.102. The molecule has 0 aliphatic rings. The Morgan fingerprint density at radius 1 is 1.17 bits per heavy atom. The van der Waals surface area contributed by atoms with Crippen LogP contribution in [-0.2, 0) is 0 Å². The standard InChI is InChI=1S/C17H12BrN3O2S/c18-12-9-14(17(23)20-10-12)21-16(22)11-4-6-13(7-5-11)24-15-3-1-2-8-19-15/h1-10H,(H,20,23)(H,21,22). The van der Waals surface area contributed by atoms with Crippen molar-refractivity contribution < 1.29 is 4.79 Å². The summed E-state index contributed by atoms with van der Waals surface area (Å²) in [6.07, 6.45) is 3.25. The van der Waals surface area contributed by atoms with E-state index in [2.05, 4.69) is 31.2 Å². The average Bonchev–Trinajstić information content (AvgIpc) is 2.60. The number of carbonyl (C=O) groups is 1. The van der Waals surface area contributed by atoms with E-state index < -0.39 is 0 Å². The molecule has 7 heteroatoms. The van der Waals surface area contributed by atoms with Crippen LogP contribution in [0.5, 0.6) is 0 Å². The highest BCUT2D eigenvalue weighted by molar-refractivity contribution is 9.10. The van der Waals surface area contributed by atoms with Crippen molar-refractivity contribution in [3.8, 4) is 0 Å². The summed E-state index contributed by atoms with van der Waals surface area (Å²) < 4.78 is 0.680. The first-order valence-electron chi connectivity index (χ1n) is 7.00. The number of nitrogens with one attached hydrogen (secondary N) is 2. The summed E-state index contributed by atoms with van der Waals surface area (Å²) in [5, 5.41) is 3.49. The van der Waals surface area contributed by atoms with Gasteiger partial charge in [0.2, 0.25) is 0 Å². The summed E-state index contributed by atoms with van der Waals surface area (Å²) in [5.74, 6) is -0.340. The predicted molar refractivity (Wildman–Crippen MR) is 97.5 cm³/mol. The lowest BCUT2D eigenvalue weighted by Crippen LogP contribution is -2.19. The molecule has 3 aromatic rings. The zero-order valence-corrected chi connectivity index (χ0v) is 14.7. The van der Waals surface area contributed by atoms with Crippen LogP contribution >= 0.6 is 27.7 Å². The molecule has 0 aliphatic carbocycles. The highest BCUT2D eigenvalue weighted by Crippen LogP contribution is 2.25. The minimum absolute atomic E-state index is 0.196. The van der Waals surface area contributed by atoms with Crippen molar-refractivity contribution in [1.82, 2.24) is 9.97 Å². The number of carbonyl (C=O) groups excluding carboxylic acids is 1. The first-order chi connectivity index (χ1) is 11.6. The molecule has 1 amide bonds. The molecule has 0 aliphatic heterocycles. The molecule has 2 N–H and O–H groups in total. The van der Waals surface area contributed by atoms with Gasteiger partial charge in [-0.15, -0.1) is 0 Å². The zero-order valence-electron chi connectivity index (χ0n) is 12.3. The van der Waals surface area contributed by atoms with E-state index in [0.717, 1.165) is 9.92 Å². The number of anilines is 1.